The van der Waals surface area contributed by atoms with Crippen molar-refractivity contribution in [3.8, 4) is 10.6 Å². The lowest BCUT2D eigenvalue weighted by molar-refractivity contribution is 0.542. The second kappa shape index (κ2) is 7.47. The van der Waals surface area contributed by atoms with Crippen molar-refractivity contribution in [2.24, 2.45) is 5.92 Å². The molecule has 2 aromatic rings. The topological polar surface area (TPSA) is 70.7 Å². The van der Waals surface area contributed by atoms with Crippen molar-refractivity contribution in [2.45, 2.75) is 33.6 Å². The Morgan fingerprint density at radius 2 is 2.19 bits per heavy atom. The molecule has 2 N–H and O–H groups in total. The van der Waals surface area contributed by atoms with Gasteiger partial charge in [-0.15, -0.1) is 10.2 Å². The van der Waals surface area contributed by atoms with Gasteiger partial charge in [0.2, 0.25) is 0 Å². The van der Waals surface area contributed by atoms with E-state index in [2.05, 4.69) is 34.3 Å². The number of aromatic amines is 1. The molecule has 2 aromatic heterocycles. The third-order valence-electron chi connectivity index (χ3n) is 3.05. The molecule has 6 heteroatoms. The van der Waals surface area contributed by atoms with Crippen LogP contribution in [0.4, 0.5) is 0 Å². The third kappa shape index (κ3) is 4.75. The van der Waals surface area contributed by atoms with E-state index < -0.39 is 0 Å². The number of rotatable bonds is 7. The molecule has 0 bridgehead atoms. The number of H-pyrrole nitrogens is 1. The van der Waals surface area contributed by atoms with Crippen LogP contribution in [0.5, 0.6) is 0 Å². The fourth-order valence-corrected chi connectivity index (χ4v) is 2.86. The molecule has 5 nitrogen and oxygen atoms in total. The molecule has 0 spiro atoms. The Morgan fingerprint density at radius 3 is 2.90 bits per heavy atom. The molecule has 2 heterocycles. The molecular formula is C15H22N4OS. The third-order valence-corrected chi connectivity index (χ3v) is 4.07. The van der Waals surface area contributed by atoms with E-state index in [1.807, 2.05) is 6.92 Å². The molecule has 0 aliphatic carbocycles. The molecule has 0 amide bonds. The van der Waals surface area contributed by atoms with Gasteiger partial charge in [-0.1, -0.05) is 25.2 Å². The largest absolute Gasteiger partial charge is 0.364 e. The first-order chi connectivity index (χ1) is 10.1. The minimum absolute atomic E-state index is 0.00690. The summed E-state index contributed by atoms with van der Waals surface area (Å²) in [4.78, 5) is 15.0. The van der Waals surface area contributed by atoms with E-state index >= 15 is 0 Å². The maximum atomic E-state index is 11.9. The molecule has 0 radical (unpaired) electrons. The van der Waals surface area contributed by atoms with Crippen LogP contribution >= 0.6 is 11.3 Å². The first-order valence-corrected chi connectivity index (χ1v) is 8.10. The van der Waals surface area contributed by atoms with Crippen LogP contribution in [-0.4, -0.2) is 28.3 Å². The van der Waals surface area contributed by atoms with Gasteiger partial charge in [0, 0.05) is 24.4 Å². The molecule has 114 valence electrons. The van der Waals surface area contributed by atoms with Crippen LogP contribution in [0.1, 0.15) is 31.0 Å². The number of hydrogen-bond acceptors (Lipinski definition) is 5. The van der Waals surface area contributed by atoms with Crippen LogP contribution in [0.2, 0.25) is 0 Å². The van der Waals surface area contributed by atoms with Crippen molar-refractivity contribution in [1.82, 2.24) is 20.5 Å². The van der Waals surface area contributed by atoms with Crippen LogP contribution in [0.3, 0.4) is 0 Å². The fourth-order valence-electron chi connectivity index (χ4n) is 1.96. The van der Waals surface area contributed by atoms with Crippen molar-refractivity contribution in [2.75, 3.05) is 13.1 Å². The summed E-state index contributed by atoms with van der Waals surface area (Å²) < 4.78 is 0. The molecule has 0 aliphatic rings. The highest BCUT2D eigenvalue weighted by molar-refractivity contribution is 7.14. The summed E-state index contributed by atoms with van der Waals surface area (Å²) in [6.45, 7) is 8.28. The maximum absolute atomic E-state index is 11.9. The Kier molecular flexibility index (Phi) is 5.64. The zero-order valence-corrected chi connectivity index (χ0v) is 13.6. The summed E-state index contributed by atoms with van der Waals surface area (Å²) in [5.74, 6) is 0.673. The van der Waals surface area contributed by atoms with E-state index in [0.717, 1.165) is 36.6 Å². The summed E-state index contributed by atoms with van der Waals surface area (Å²) in [5, 5.41) is 13.4. The quantitative estimate of drug-likeness (QED) is 0.771. The number of aryl methyl sites for hydroxylation is 2. The standard InChI is InChI=1S/C15H22N4OS/c1-10(2)8-16-6-4-5-14-18-19-15(21-14)12-9-17-11(3)7-13(12)20/h7,9-10,16H,4-6,8H2,1-3H3,(H,17,20). The van der Waals surface area contributed by atoms with Gasteiger partial charge < -0.3 is 10.3 Å². The Hall–Kier alpha value is -1.53. The molecule has 0 saturated carbocycles. The van der Waals surface area contributed by atoms with E-state index in [1.165, 1.54) is 11.3 Å². The lowest BCUT2D eigenvalue weighted by atomic mass is 10.2. The molecule has 21 heavy (non-hydrogen) atoms. The fraction of sp³-hybridized carbons (Fsp3) is 0.533. The molecule has 0 saturated heterocycles. The van der Waals surface area contributed by atoms with Crippen molar-refractivity contribution < 1.29 is 0 Å². The molecule has 0 aliphatic heterocycles. The van der Waals surface area contributed by atoms with Crippen LogP contribution in [0, 0.1) is 12.8 Å². The van der Waals surface area contributed by atoms with Gasteiger partial charge in [0.15, 0.2) is 10.4 Å². The number of aromatic nitrogens is 3. The second-order valence-electron chi connectivity index (χ2n) is 5.60. The normalized spacial score (nSPS) is 11.2. The van der Waals surface area contributed by atoms with Gasteiger partial charge >= 0.3 is 0 Å². The number of hydrogen-bond donors (Lipinski definition) is 2. The van der Waals surface area contributed by atoms with Crippen LogP contribution in [-0.2, 0) is 6.42 Å². The van der Waals surface area contributed by atoms with E-state index in [-0.39, 0.29) is 5.43 Å². The van der Waals surface area contributed by atoms with Crippen molar-refractivity contribution >= 4 is 11.3 Å². The van der Waals surface area contributed by atoms with Gasteiger partial charge in [-0.2, -0.15) is 0 Å². The SMILES string of the molecule is Cc1cc(=O)c(-c2nnc(CCCNCC(C)C)s2)c[nH]1. The van der Waals surface area contributed by atoms with Crippen LogP contribution in [0.15, 0.2) is 17.1 Å². The Morgan fingerprint density at radius 1 is 1.38 bits per heavy atom. The average Bonchev–Trinajstić information content (AvgIpc) is 2.86. The van der Waals surface area contributed by atoms with Crippen molar-refractivity contribution in [1.29, 1.82) is 0 Å². The van der Waals surface area contributed by atoms with Crippen molar-refractivity contribution in [3.05, 3.63) is 33.2 Å². The molecule has 0 unspecified atom stereocenters. The first kappa shape index (κ1) is 15.9. The van der Waals surface area contributed by atoms with Crippen molar-refractivity contribution in [3.63, 3.8) is 0 Å². The van der Waals surface area contributed by atoms with Gasteiger partial charge in [-0.05, 0) is 32.4 Å². The van der Waals surface area contributed by atoms with Gasteiger partial charge in [-0.25, -0.2) is 0 Å². The van der Waals surface area contributed by atoms with Gasteiger partial charge in [0.05, 0.1) is 5.56 Å². The molecule has 0 aromatic carbocycles. The highest BCUT2D eigenvalue weighted by Crippen LogP contribution is 2.20. The highest BCUT2D eigenvalue weighted by atomic mass is 32.1. The monoisotopic (exact) mass is 306 g/mol. The van der Waals surface area contributed by atoms with E-state index in [1.54, 1.807) is 12.3 Å². The predicted molar refractivity (Wildman–Crippen MR) is 86.7 cm³/mol. The number of nitrogens with one attached hydrogen (secondary N) is 2. The molecular weight excluding hydrogens is 284 g/mol. The van der Waals surface area contributed by atoms with Crippen LogP contribution < -0.4 is 10.7 Å². The smallest absolute Gasteiger partial charge is 0.192 e. The number of pyridine rings is 1. The minimum Gasteiger partial charge on any atom is -0.364 e. The highest BCUT2D eigenvalue weighted by Gasteiger charge is 2.10. The Labute approximate surface area is 128 Å². The summed E-state index contributed by atoms with van der Waals surface area (Å²) in [6, 6.07) is 1.59. The van der Waals surface area contributed by atoms with E-state index in [9.17, 15) is 4.79 Å². The summed E-state index contributed by atoms with van der Waals surface area (Å²) in [7, 11) is 0. The molecule has 2 rings (SSSR count). The van der Waals surface area contributed by atoms with E-state index in [0.29, 0.717) is 16.5 Å². The maximum Gasteiger partial charge on any atom is 0.192 e. The predicted octanol–water partition coefficient (Wildman–Crippen LogP) is 2.38. The minimum atomic E-state index is -0.00690. The Balaban J connectivity index is 1.91. The lowest BCUT2D eigenvalue weighted by Gasteiger charge is -2.05. The van der Waals surface area contributed by atoms with Gasteiger partial charge in [-0.3, -0.25) is 4.79 Å². The lowest BCUT2D eigenvalue weighted by Crippen LogP contribution is -2.21. The summed E-state index contributed by atoms with van der Waals surface area (Å²) in [6.07, 6.45) is 3.64. The summed E-state index contributed by atoms with van der Waals surface area (Å²) in [5.41, 5.74) is 1.44. The van der Waals surface area contributed by atoms with E-state index in [4.69, 9.17) is 0 Å². The molecule has 0 fully saturated rings. The Bertz CT molecular complexity index is 633. The second-order valence-corrected chi connectivity index (χ2v) is 6.66. The zero-order chi connectivity index (χ0) is 15.2. The van der Waals surface area contributed by atoms with Gasteiger partial charge in [0.25, 0.3) is 0 Å². The molecule has 0 atom stereocenters. The number of nitrogens with zero attached hydrogens (tertiary/aromatic N) is 2. The van der Waals surface area contributed by atoms with Crippen LogP contribution in [0.25, 0.3) is 10.6 Å². The summed E-state index contributed by atoms with van der Waals surface area (Å²) >= 11 is 1.50. The van der Waals surface area contributed by atoms with Gasteiger partial charge in [0.1, 0.15) is 5.01 Å². The zero-order valence-electron chi connectivity index (χ0n) is 12.8. The first-order valence-electron chi connectivity index (χ1n) is 7.29. The average molecular weight is 306 g/mol.